The van der Waals surface area contributed by atoms with Crippen LogP contribution in [0.1, 0.15) is 41.9 Å². The van der Waals surface area contributed by atoms with E-state index in [2.05, 4.69) is 10.5 Å². The average molecular weight is 249 g/mol. The van der Waals surface area contributed by atoms with E-state index in [0.717, 1.165) is 18.6 Å². The van der Waals surface area contributed by atoms with Gasteiger partial charge in [-0.25, -0.2) is 0 Å². The Morgan fingerprint density at radius 2 is 2.17 bits per heavy atom. The quantitative estimate of drug-likeness (QED) is 0.847. The Balaban J connectivity index is 1.53. The number of rotatable bonds is 3. The summed E-state index contributed by atoms with van der Waals surface area (Å²) < 4.78 is 5.13. The number of hydrogen-bond donors (Lipinski definition) is 1. The highest BCUT2D eigenvalue weighted by Crippen LogP contribution is 2.40. The largest absolute Gasteiger partial charge is 0.360 e. The zero-order valence-electron chi connectivity index (χ0n) is 10.2. The van der Waals surface area contributed by atoms with Crippen LogP contribution < -0.4 is 5.32 Å². The standard InChI is InChI=1S/C12H15N3O3/c1-7(16)15-5-9(6-15)13-12(17)10-4-11(18-14-10)8-2-3-8/h4,8-9H,2-3,5-6H2,1H3,(H,13,17). The SMILES string of the molecule is CC(=O)N1CC(NC(=O)c2cc(C3CC3)on2)C1. The Labute approximate surface area is 104 Å². The van der Waals surface area contributed by atoms with E-state index in [-0.39, 0.29) is 17.9 Å². The number of carbonyl (C=O) groups is 2. The van der Waals surface area contributed by atoms with Crippen molar-refractivity contribution < 1.29 is 14.1 Å². The molecule has 1 aliphatic carbocycles. The number of amides is 2. The number of nitrogens with zero attached hydrogens (tertiary/aromatic N) is 2. The second kappa shape index (κ2) is 4.12. The minimum atomic E-state index is -0.223. The molecule has 2 fully saturated rings. The number of nitrogens with one attached hydrogen (secondary N) is 1. The van der Waals surface area contributed by atoms with Gasteiger partial charge in [-0.15, -0.1) is 0 Å². The molecule has 6 heteroatoms. The lowest BCUT2D eigenvalue weighted by atomic mass is 10.1. The van der Waals surface area contributed by atoms with Gasteiger partial charge >= 0.3 is 0 Å². The normalized spacial score (nSPS) is 19.5. The molecule has 2 heterocycles. The molecule has 18 heavy (non-hydrogen) atoms. The fraction of sp³-hybridized carbons (Fsp3) is 0.583. The Kier molecular flexibility index (Phi) is 2.57. The van der Waals surface area contributed by atoms with Gasteiger partial charge in [0.1, 0.15) is 5.76 Å². The predicted molar refractivity (Wildman–Crippen MR) is 62.0 cm³/mol. The smallest absolute Gasteiger partial charge is 0.273 e. The second-order valence-electron chi connectivity index (χ2n) is 4.98. The summed E-state index contributed by atoms with van der Waals surface area (Å²) in [6.07, 6.45) is 2.24. The third-order valence-electron chi connectivity index (χ3n) is 3.40. The molecule has 6 nitrogen and oxygen atoms in total. The maximum Gasteiger partial charge on any atom is 0.273 e. The van der Waals surface area contributed by atoms with E-state index >= 15 is 0 Å². The number of carbonyl (C=O) groups excluding carboxylic acids is 2. The van der Waals surface area contributed by atoms with Crippen molar-refractivity contribution in [1.29, 1.82) is 0 Å². The van der Waals surface area contributed by atoms with Crippen molar-refractivity contribution >= 4 is 11.8 Å². The summed E-state index contributed by atoms with van der Waals surface area (Å²) in [5.74, 6) is 1.08. The molecular weight excluding hydrogens is 234 g/mol. The van der Waals surface area contributed by atoms with Gasteiger partial charge in [0.2, 0.25) is 5.91 Å². The first-order valence-electron chi connectivity index (χ1n) is 6.16. The second-order valence-corrected chi connectivity index (χ2v) is 4.98. The molecule has 0 unspecified atom stereocenters. The first-order chi connectivity index (χ1) is 8.63. The van der Waals surface area contributed by atoms with Crippen molar-refractivity contribution in [1.82, 2.24) is 15.4 Å². The highest BCUT2D eigenvalue weighted by molar-refractivity contribution is 5.92. The van der Waals surface area contributed by atoms with Gasteiger partial charge in [0.15, 0.2) is 5.69 Å². The highest BCUT2D eigenvalue weighted by atomic mass is 16.5. The summed E-state index contributed by atoms with van der Waals surface area (Å²) in [4.78, 5) is 24.5. The zero-order valence-corrected chi connectivity index (χ0v) is 10.2. The van der Waals surface area contributed by atoms with Crippen LogP contribution in [0.15, 0.2) is 10.6 Å². The van der Waals surface area contributed by atoms with Crippen molar-refractivity contribution in [2.45, 2.75) is 31.7 Å². The van der Waals surface area contributed by atoms with Crippen LogP contribution in [0.4, 0.5) is 0 Å². The molecule has 1 aromatic heterocycles. The fourth-order valence-corrected chi connectivity index (χ4v) is 2.04. The van der Waals surface area contributed by atoms with Crippen LogP contribution in [0.2, 0.25) is 0 Å². The molecule has 0 aromatic carbocycles. The van der Waals surface area contributed by atoms with Crippen molar-refractivity contribution in [3.05, 3.63) is 17.5 Å². The van der Waals surface area contributed by atoms with Gasteiger partial charge in [-0.3, -0.25) is 9.59 Å². The van der Waals surface area contributed by atoms with Crippen LogP contribution in [0.5, 0.6) is 0 Å². The van der Waals surface area contributed by atoms with E-state index in [1.54, 1.807) is 11.0 Å². The van der Waals surface area contributed by atoms with Crippen molar-refractivity contribution in [2.75, 3.05) is 13.1 Å². The van der Waals surface area contributed by atoms with Crippen molar-refractivity contribution in [3.63, 3.8) is 0 Å². The summed E-state index contributed by atoms with van der Waals surface area (Å²) in [6.45, 7) is 2.68. The summed E-state index contributed by atoms with van der Waals surface area (Å²) in [5, 5.41) is 6.61. The zero-order chi connectivity index (χ0) is 12.7. The predicted octanol–water partition coefficient (Wildman–Crippen LogP) is 0.512. The molecule has 0 bridgehead atoms. The van der Waals surface area contributed by atoms with Crippen LogP contribution in [-0.4, -0.2) is 41.0 Å². The molecular formula is C12H15N3O3. The first-order valence-corrected chi connectivity index (χ1v) is 6.16. The van der Waals surface area contributed by atoms with E-state index < -0.39 is 0 Å². The number of aromatic nitrogens is 1. The van der Waals surface area contributed by atoms with Crippen LogP contribution in [0.3, 0.4) is 0 Å². The summed E-state index contributed by atoms with van der Waals surface area (Å²) in [5.41, 5.74) is 0.332. The van der Waals surface area contributed by atoms with Gasteiger partial charge in [0, 0.05) is 32.0 Å². The number of hydrogen-bond acceptors (Lipinski definition) is 4. The average Bonchev–Trinajstić information content (AvgIpc) is 3.00. The molecule has 1 aliphatic heterocycles. The third-order valence-corrected chi connectivity index (χ3v) is 3.40. The fourth-order valence-electron chi connectivity index (χ4n) is 2.04. The lowest BCUT2D eigenvalue weighted by molar-refractivity contribution is -0.133. The lowest BCUT2D eigenvalue weighted by Crippen LogP contribution is -2.60. The third kappa shape index (κ3) is 2.10. The lowest BCUT2D eigenvalue weighted by Gasteiger charge is -2.38. The molecule has 1 N–H and O–H groups in total. The maximum atomic E-state index is 11.8. The van der Waals surface area contributed by atoms with E-state index in [1.165, 1.54) is 6.92 Å². The molecule has 0 atom stereocenters. The molecule has 96 valence electrons. The van der Waals surface area contributed by atoms with Gasteiger partial charge in [0.25, 0.3) is 5.91 Å². The van der Waals surface area contributed by atoms with Gasteiger partial charge in [-0.2, -0.15) is 0 Å². The van der Waals surface area contributed by atoms with E-state index in [9.17, 15) is 9.59 Å². The monoisotopic (exact) mass is 249 g/mol. The van der Waals surface area contributed by atoms with E-state index in [0.29, 0.717) is 24.7 Å². The van der Waals surface area contributed by atoms with Crippen LogP contribution in [0.25, 0.3) is 0 Å². The summed E-state index contributed by atoms with van der Waals surface area (Å²) in [7, 11) is 0. The Morgan fingerprint density at radius 1 is 1.44 bits per heavy atom. The molecule has 2 amide bonds. The number of likely N-dealkylation sites (tertiary alicyclic amines) is 1. The van der Waals surface area contributed by atoms with Crippen LogP contribution >= 0.6 is 0 Å². The van der Waals surface area contributed by atoms with Gasteiger partial charge in [-0.1, -0.05) is 5.16 Å². The van der Waals surface area contributed by atoms with Crippen LogP contribution in [-0.2, 0) is 4.79 Å². The topological polar surface area (TPSA) is 75.4 Å². The molecule has 1 saturated carbocycles. The van der Waals surface area contributed by atoms with Crippen LogP contribution in [0, 0.1) is 0 Å². The van der Waals surface area contributed by atoms with E-state index in [1.807, 2.05) is 0 Å². The molecule has 3 rings (SSSR count). The maximum absolute atomic E-state index is 11.8. The molecule has 0 spiro atoms. The minimum absolute atomic E-state index is 0.0301. The Morgan fingerprint density at radius 3 is 2.78 bits per heavy atom. The van der Waals surface area contributed by atoms with Crippen molar-refractivity contribution in [2.24, 2.45) is 0 Å². The van der Waals surface area contributed by atoms with Gasteiger partial charge in [-0.05, 0) is 12.8 Å². The molecule has 0 radical (unpaired) electrons. The molecule has 1 aromatic rings. The Bertz CT molecular complexity index is 487. The Hall–Kier alpha value is -1.85. The molecule has 2 aliphatic rings. The van der Waals surface area contributed by atoms with Gasteiger partial charge in [0.05, 0.1) is 6.04 Å². The van der Waals surface area contributed by atoms with Crippen molar-refractivity contribution in [3.8, 4) is 0 Å². The summed E-state index contributed by atoms with van der Waals surface area (Å²) in [6, 6.07) is 1.75. The first kappa shape index (κ1) is 11.3. The summed E-state index contributed by atoms with van der Waals surface area (Å²) >= 11 is 0. The highest BCUT2D eigenvalue weighted by Gasteiger charge is 2.32. The van der Waals surface area contributed by atoms with E-state index in [4.69, 9.17) is 4.52 Å². The molecule has 1 saturated heterocycles. The van der Waals surface area contributed by atoms with Gasteiger partial charge < -0.3 is 14.7 Å². The minimum Gasteiger partial charge on any atom is -0.360 e.